The zero-order chi connectivity index (χ0) is 38.9. The largest absolute Gasteiger partial charge is 0.309 e. The Balaban J connectivity index is 1.27. The van der Waals surface area contributed by atoms with Crippen molar-refractivity contribution in [3.05, 3.63) is 169 Å². The van der Waals surface area contributed by atoms with Gasteiger partial charge >= 0.3 is 0 Å². The van der Waals surface area contributed by atoms with Crippen molar-refractivity contribution < 1.29 is 0 Å². The van der Waals surface area contributed by atoms with Crippen molar-refractivity contribution in [1.29, 1.82) is 0 Å². The lowest BCUT2D eigenvalue weighted by atomic mass is 9.63. The number of benzene rings is 8. The number of hydrogen-bond acceptors (Lipinski definition) is 2. The monoisotopic (exact) mass is 746 g/mol. The van der Waals surface area contributed by atoms with Crippen molar-refractivity contribution in [3.8, 4) is 22.8 Å². The van der Waals surface area contributed by atoms with Crippen LogP contribution in [0.2, 0.25) is 0 Å². The Hall–Kier alpha value is -6.78. The fourth-order valence-electron chi connectivity index (χ4n) is 10.1. The second kappa shape index (κ2) is 11.9. The quantitative estimate of drug-likeness (QED) is 0.180. The molecule has 0 atom stereocenters. The van der Waals surface area contributed by atoms with Gasteiger partial charge in [-0.25, -0.2) is 9.97 Å². The Bertz CT molecular complexity index is 3510. The second-order valence-electron chi connectivity index (χ2n) is 17.7. The van der Waals surface area contributed by atoms with Crippen molar-refractivity contribution >= 4 is 76.2 Å². The number of para-hydroxylation sites is 3. The first-order valence-corrected chi connectivity index (χ1v) is 20.5. The first-order valence-electron chi connectivity index (χ1n) is 20.5. The van der Waals surface area contributed by atoms with Gasteiger partial charge in [0.05, 0.1) is 33.1 Å². The van der Waals surface area contributed by atoms with Gasteiger partial charge in [-0.3, -0.25) is 4.57 Å². The van der Waals surface area contributed by atoms with Gasteiger partial charge in [0.25, 0.3) is 0 Å². The SMILES string of the molecule is CC1(C)CCC(C)(C)c2cc3c(cc21)c1cc2c(cc1n3-c1ccccc1)c1c3ccccc3ccc1n2-c1nc2ccccc2nc1-c1ccc2ccccc2c1. The summed E-state index contributed by atoms with van der Waals surface area (Å²) >= 11 is 0. The molecule has 0 aliphatic heterocycles. The van der Waals surface area contributed by atoms with Crippen LogP contribution in [0.4, 0.5) is 0 Å². The van der Waals surface area contributed by atoms with E-state index in [0.29, 0.717) is 0 Å². The highest BCUT2D eigenvalue weighted by atomic mass is 15.1. The third-order valence-corrected chi connectivity index (χ3v) is 13.3. The average Bonchev–Trinajstić information content (AvgIpc) is 3.75. The van der Waals surface area contributed by atoms with Gasteiger partial charge in [-0.05, 0) is 117 Å². The minimum absolute atomic E-state index is 0.0770. The zero-order valence-corrected chi connectivity index (χ0v) is 33.2. The van der Waals surface area contributed by atoms with Crippen LogP contribution < -0.4 is 0 Å². The fraction of sp³-hybridized carbons (Fsp3) is 0.148. The summed E-state index contributed by atoms with van der Waals surface area (Å²) in [5.74, 6) is 0.829. The zero-order valence-electron chi connectivity index (χ0n) is 33.2. The lowest BCUT2D eigenvalue weighted by Crippen LogP contribution is -2.33. The molecule has 1 aliphatic carbocycles. The standard InChI is InChI=1S/C54H42N4/c1-53(2)26-27-54(3,4)43-32-49-39(29-42(43)53)40-30-48-41(31-47(40)57(49)37-17-6-5-7-18-37)50-38-19-11-10-15-34(38)24-25-46(50)58(48)52-51(55-44-20-12-13-21-45(44)56-52)36-23-22-33-14-8-9-16-35(33)28-36/h5-25,28-32H,26-27H2,1-4H3. The number of hydrogen-bond donors (Lipinski definition) is 0. The van der Waals surface area contributed by atoms with E-state index in [0.717, 1.165) is 39.1 Å². The van der Waals surface area contributed by atoms with Gasteiger partial charge in [0.1, 0.15) is 5.69 Å². The normalized spacial score (nSPS) is 15.0. The predicted octanol–water partition coefficient (Wildman–Crippen LogP) is 14.1. The third-order valence-electron chi connectivity index (χ3n) is 13.3. The van der Waals surface area contributed by atoms with Crippen LogP contribution in [0, 0.1) is 0 Å². The van der Waals surface area contributed by atoms with E-state index in [-0.39, 0.29) is 10.8 Å². The molecule has 0 saturated heterocycles. The minimum atomic E-state index is 0.0770. The maximum atomic E-state index is 5.54. The van der Waals surface area contributed by atoms with Crippen molar-refractivity contribution in [2.24, 2.45) is 0 Å². The lowest BCUT2D eigenvalue weighted by molar-refractivity contribution is 0.332. The van der Waals surface area contributed by atoms with E-state index in [4.69, 9.17) is 9.97 Å². The van der Waals surface area contributed by atoms with Crippen molar-refractivity contribution in [2.75, 3.05) is 0 Å². The van der Waals surface area contributed by atoms with E-state index in [1.54, 1.807) is 0 Å². The molecule has 0 unspecified atom stereocenters. The van der Waals surface area contributed by atoms with E-state index >= 15 is 0 Å². The molecule has 278 valence electrons. The molecule has 4 nitrogen and oxygen atoms in total. The molecular formula is C54H42N4. The van der Waals surface area contributed by atoms with Gasteiger partial charge in [0, 0.05) is 32.8 Å². The molecule has 0 fully saturated rings. The minimum Gasteiger partial charge on any atom is -0.309 e. The summed E-state index contributed by atoms with van der Waals surface area (Å²) in [4.78, 5) is 11.0. The molecule has 3 aromatic heterocycles. The molecular weight excluding hydrogens is 705 g/mol. The first-order chi connectivity index (χ1) is 28.2. The Morgan fingerprint density at radius 3 is 1.81 bits per heavy atom. The fourth-order valence-corrected chi connectivity index (χ4v) is 10.1. The predicted molar refractivity (Wildman–Crippen MR) is 244 cm³/mol. The van der Waals surface area contributed by atoms with E-state index in [1.807, 2.05) is 6.07 Å². The van der Waals surface area contributed by atoms with Crippen LogP contribution >= 0.6 is 0 Å². The van der Waals surface area contributed by atoms with Crippen LogP contribution in [0.1, 0.15) is 51.7 Å². The summed E-state index contributed by atoms with van der Waals surface area (Å²) in [6, 6.07) is 57.7. The molecule has 0 spiro atoms. The molecule has 0 N–H and O–H groups in total. The Labute approximate surface area is 337 Å². The molecule has 4 heteroatoms. The summed E-state index contributed by atoms with van der Waals surface area (Å²) in [5, 5.41) is 9.77. The molecule has 12 rings (SSSR count). The summed E-state index contributed by atoms with van der Waals surface area (Å²) < 4.78 is 4.91. The molecule has 8 aromatic carbocycles. The van der Waals surface area contributed by atoms with Crippen LogP contribution in [-0.2, 0) is 10.8 Å². The highest BCUT2D eigenvalue weighted by Gasteiger charge is 2.38. The van der Waals surface area contributed by atoms with E-state index in [9.17, 15) is 0 Å². The van der Waals surface area contributed by atoms with Crippen molar-refractivity contribution in [1.82, 2.24) is 19.1 Å². The number of rotatable bonds is 3. The number of nitrogens with zero attached hydrogens (tertiary/aromatic N) is 4. The van der Waals surface area contributed by atoms with Crippen LogP contribution in [0.15, 0.2) is 158 Å². The smallest absolute Gasteiger partial charge is 0.165 e. The highest BCUT2D eigenvalue weighted by Crippen LogP contribution is 2.50. The Kier molecular flexibility index (Phi) is 6.83. The van der Waals surface area contributed by atoms with Gasteiger partial charge in [-0.2, -0.15) is 0 Å². The maximum Gasteiger partial charge on any atom is 0.165 e. The molecule has 0 bridgehead atoms. The Morgan fingerprint density at radius 1 is 0.431 bits per heavy atom. The molecule has 0 amide bonds. The van der Waals surface area contributed by atoms with Crippen LogP contribution in [-0.4, -0.2) is 19.1 Å². The summed E-state index contributed by atoms with van der Waals surface area (Å²) in [5.41, 5.74) is 12.6. The lowest BCUT2D eigenvalue weighted by Gasteiger charge is -2.42. The molecule has 1 aliphatic rings. The van der Waals surface area contributed by atoms with E-state index < -0.39 is 0 Å². The van der Waals surface area contributed by atoms with E-state index in [1.165, 1.54) is 83.8 Å². The van der Waals surface area contributed by atoms with Gasteiger partial charge in [0.15, 0.2) is 5.82 Å². The second-order valence-corrected chi connectivity index (χ2v) is 17.7. The van der Waals surface area contributed by atoms with Crippen molar-refractivity contribution in [3.63, 3.8) is 0 Å². The summed E-state index contributed by atoms with van der Waals surface area (Å²) in [7, 11) is 0. The van der Waals surface area contributed by atoms with Gasteiger partial charge in [0.2, 0.25) is 0 Å². The van der Waals surface area contributed by atoms with Crippen LogP contribution in [0.3, 0.4) is 0 Å². The first kappa shape index (κ1) is 33.4. The average molecular weight is 747 g/mol. The third kappa shape index (κ3) is 4.75. The topological polar surface area (TPSA) is 35.6 Å². The summed E-state index contributed by atoms with van der Waals surface area (Å²) in [6.45, 7) is 9.71. The Morgan fingerprint density at radius 2 is 1.02 bits per heavy atom. The van der Waals surface area contributed by atoms with Crippen molar-refractivity contribution in [2.45, 2.75) is 51.4 Å². The summed E-state index contributed by atoms with van der Waals surface area (Å²) in [6.07, 6.45) is 2.34. The van der Waals surface area contributed by atoms with Crippen LogP contribution in [0.25, 0.3) is 99.0 Å². The van der Waals surface area contributed by atoms with Gasteiger partial charge in [-0.15, -0.1) is 0 Å². The molecule has 58 heavy (non-hydrogen) atoms. The molecule has 0 radical (unpaired) electrons. The number of aromatic nitrogens is 4. The molecule has 3 heterocycles. The van der Waals surface area contributed by atoms with Gasteiger partial charge < -0.3 is 4.57 Å². The van der Waals surface area contributed by atoms with Crippen LogP contribution in [0.5, 0.6) is 0 Å². The maximum absolute atomic E-state index is 5.54. The highest BCUT2D eigenvalue weighted by molar-refractivity contribution is 6.25. The molecule has 11 aromatic rings. The molecule has 0 saturated carbocycles. The van der Waals surface area contributed by atoms with E-state index in [2.05, 4.69) is 188 Å². The van der Waals surface area contributed by atoms with Gasteiger partial charge in [-0.1, -0.05) is 125 Å². The number of fused-ring (bicyclic) bond motifs is 11.